The molecular weight excluding hydrogens is 685 g/mol. The first-order chi connectivity index (χ1) is 20.8. The number of hydrazone groups is 1. The lowest BCUT2D eigenvalue weighted by Gasteiger charge is -2.17. The number of rotatable bonds is 12. The molecule has 0 bridgehead atoms. The van der Waals surface area contributed by atoms with Crippen LogP contribution in [0.1, 0.15) is 16.7 Å². The van der Waals surface area contributed by atoms with Gasteiger partial charge in [-0.05, 0) is 100 Å². The van der Waals surface area contributed by atoms with Crippen LogP contribution in [0.3, 0.4) is 0 Å². The number of halogens is 1. The van der Waals surface area contributed by atoms with E-state index in [1.165, 1.54) is 25.5 Å². The van der Waals surface area contributed by atoms with Crippen LogP contribution in [-0.4, -0.2) is 40.5 Å². The highest BCUT2D eigenvalue weighted by molar-refractivity contribution is 14.1. The van der Waals surface area contributed by atoms with Crippen LogP contribution in [0.15, 0.2) is 101 Å². The quantitative estimate of drug-likeness (QED) is 0.125. The standard InChI is InChI=1S/C31H28IN3O7S/c1-39-29-16-22(7-13-27(29)40-19-23-8-14-28-30(17-23)42-20-41-28)18-33-34-31(36)26(15-21-5-3-2-4-6-21)35-43(37,38)25-11-9-24(32)10-12-25/h2-14,16-18,26,35H,15,19-20H2,1H3,(H,34,36)/b33-18-/t26-/m1/s1. The van der Waals surface area contributed by atoms with Crippen molar-refractivity contribution in [2.45, 2.75) is 24.0 Å². The lowest BCUT2D eigenvalue weighted by molar-refractivity contribution is -0.122. The normalized spacial score (nSPS) is 13.1. The third-order valence-electron chi connectivity index (χ3n) is 6.43. The van der Waals surface area contributed by atoms with Crippen molar-refractivity contribution >= 4 is 44.7 Å². The fourth-order valence-corrected chi connectivity index (χ4v) is 5.79. The molecule has 222 valence electrons. The molecule has 0 aliphatic carbocycles. The molecule has 2 N–H and O–H groups in total. The molecular formula is C31H28IN3O7S. The van der Waals surface area contributed by atoms with Gasteiger partial charge in [-0.3, -0.25) is 4.79 Å². The van der Waals surface area contributed by atoms with Crippen molar-refractivity contribution in [2.75, 3.05) is 13.9 Å². The minimum absolute atomic E-state index is 0.0650. The van der Waals surface area contributed by atoms with Crippen molar-refractivity contribution in [2.24, 2.45) is 5.10 Å². The van der Waals surface area contributed by atoms with Crippen LogP contribution in [0.2, 0.25) is 0 Å². The lowest BCUT2D eigenvalue weighted by atomic mass is 10.1. The molecule has 5 rings (SSSR count). The van der Waals surface area contributed by atoms with Gasteiger partial charge in [0.1, 0.15) is 12.6 Å². The Morgan fingerprint density at radius 1 is 0.953 bits per heavy atom. The SMILES string of the molecule is COc1cc(/C=N\NC(=O)[C@@H](Cc2ccccc2)NS(=O)(=O)c2ccc(I)cc2)ccc1OCc1ccc2c(c1)OCO2. The molecule has 0 fully saturated rings. The smallest absolute Gasteiger partial charge is 0.258 e. The number of nitrogens with zero attached hydrogens (tertiary/aromatic N) is 1. The number of sulfonamides is 1. The molecule has 1 atom stereocenters. The summed E-state index contributed by atoms with van der Waals surface area (Å²) in [6, 6.07) is 25.2. The van der Waals surface area contributed by atoms with E-state index in [9.17, 15) is 13.2 Å². The summed E-state index contributed by atoms with van der Waals surface area (Å²) in [5.41, 5.74) is 4.79. The van der Waals surface area contributed by atoms with Gasteiger partial charge in [0.05, 0.1) is 18.2 Å². The van der Waals surface area contributed by atoms with E-state index in [2.05, 4.69) is 37.8 Å². The number of nitrogens with one attached hydrogen (secondary N) is 2. The molecule has 4 aromatic rings. The molecule has 0 saturated heterocycles. The second-order valence-electron chi connectivity index (χ2n) is 9.44. The van der Waals surface area contributed by atoms with E-state index in [1.807, 2.05) is 48.5 Å². The predicted octanol–water partition coefficient (Wildman–Crippen LogP) is 4.65. The Morgan fingerprint density at radius 3 is 2.49 bits per heavy atom. The third-order valence-corrected chi connectivity index (χ3v) is 8.63. The van der Waals surface area contributed by atoms with Crippen LogP contribution < -0.4 is 29.1 Å². The second kappa shape index (κ2) is 13.9. The first kappa shape index (κ1) is 30.3. The van der Waals surface area contributed by atoms with Crippen molar-refractivity contribution < 1.29 is 32.2 Å². The highest BCUT2D eigenvalue weighted by atomic mass is 127. The Balaban J connectivity index is 1.25. The molecule has 10 nitrogen and oxygen atoms in total. The van der Waals surface area contributed by atoms with Crippen molar-refractivity contribution in [1.29, 1.82) is 0 Å². The van der Waals surface area contributed by atoms with Crippen LogP contribution >= 0.6 is 22.6 Å². The zero-order valence-electron chi connectivity index (χ0n) is 23.0. The van der Waals surface area contributed by atoms with Gasteiger partial charge in [-0.15, -0.1) is 0 Å². The Kier molecular flexibility index (Phi) is 9.79. The number of carbonyl (C=O) groups excluding carboxylic acids is 1. The van der Waals surface area contributed by atoms with Crippen LogP contribution in [-0.2, 0) is 27.8 Å². The average Bonchev–Trinajstić information content (AvgIpc) is 3.48. The van der Waals surface area contributed by atoms with Gasteiger partial charge in [0.15, 0.2) is 23.0 Å². The number of methoxy groups -OCH3 is 1. The van der Waals surface area contributed by atoms with Crippen molar-refractivity contribution in [1.82, 2.24) is 10.1 Å². The number of amides is 1. The minimum atomic E-state index is -3.97. The third kappa shape index (κ3) is 8.03. The largest absolute Gasteiger partial charge is 0.493 e. The maximum absolute atomic E-state index is 13.2. The highest BCUT2D eigenvalue weighted by Gasteiger charge is 2.26. The van der Waals surface area contributed by atoms with E-state index in [4.69, 9.17) is 18.9 Å². The number of benzene rings is 4. The molecule has 0 saturated carbocycles. The second-order valence-corrected chi connectivity index (χ2v) is 12.4. The average molecular weight is 714 g/mol. The van der Waals surface area contributed by atoms with Gasteiger partial charge in [-0.1, -0.05) is 36.4 Å². The fourth-order valence-electron chi connectivity index (χ4n) is 4.23. The van der Waals surface area contributed by atoms with Crippen LogP contribution in [0.5, 0.6) is 23.0 Å². The van der Waals surface area contributed by atoms with Gasteiger partial charge in [0.25, 0.3) is 5.91 Å². The van der Waals surface area contributed by atoms with E-state index < -0.39 is 22.0 Å². The van der Waals surface area contributed by atoms with E-state index in [-0.39, 0.29) is 24.7 Å². The minimum Gasteiger partial charge on any atom is -0.493 e. The number of fused-ring (bicyclic) bond motifs is 1. The Labute approximate surface area is 263 Å². The van der Waals surface area contributed by atoms with E-state index >= 15 is 0 Å². The molecule has 1 heterocycles. The van der Waals surface area contributed by atoms with Gasteiger partial charge in [-0.25, -0.2) is 13.8 Å². The maximum Gasteiger partial charge on any atom is 0.258 e. The summed E-state index contributed by atoms with van der Waals surface area (Å²) in [5, 5.41) is 4.07. The van der Waals surface area contributed by atoms with Gasteiger partial charge in [0, 0.05) is 3.57 Å². The van der Waals surface area contributed by atoms with Crippen LogP contribution in [0.4, 0.5) is 0 Å². The summed E-state index contributed by atoms with van der Waals surface area (Å²) in [5.74, 6) is 1.77. The monoisotopic (exact) mass is 713 g/mol. The van der Waals surface area contributed by atoms with E-state index in [1.54, 1.807) is 30.3 Å². The van der Waals surface area contributed by atoms with E-state index in [0.717, 1.165) is 14.7 Å². The Bertz CT molecular complexity index is 1720. The zero-order chi connectivity index (χ0) is 30.2. The number of carbonyl (C=O) groups is 1. The van der Waals surface area contributed by atoms with E-state index in [0.29, 0.717) is 28.6 Å². The fraction of sp³-hybridized carbons (Fsp3) is 0.161. The number of hydrogen-bond donors (Lipinski definition) is 2. The van der Waals surface area contributed by atoms with Crippen LogP contribution in [0, 0.1) is 3.57 Å². The first-order valence-corrected chi connectivity index (χ1v) is 15.7. The number of ether oxygens (including phenoxy) is 4. The summed E-state index contributed by atoms with van der Waals surface area (Å²) in [6.45, 7) is 0.491. The summed E-state index contributed by atoms with van der Waals surface area (Å²) in [7, 11) is -2.44. The first-order valence-electron chi connectivity index (χ1n) is 13.1. The molecule has 1 amide bonds. The summed E-state index contributed by atoms with van der Waals surface area (Å²) in [6.07, 6.45) is 1.57. The maximum atomic E-state index is 13.2. The Morgan fingerprint density at radius 2 is 1.72 bits per heavy atom. The molecule has 12 heteroatoms. The molecule has 0 aromatic heterocycles. The summed E-state index contributed by atoms with van der Waals surface area (Å²) in [4.78, 5) is 13.2. The molecule has 4 aromatic carbocycles. The lowest BCUT2D eigenvalue weighted by Crippen LogP contribution is -2.46. The van der Waals surface area contributed by atoms with Crippen LogP contribution in [0.25, 0.3) is 0 Å². The predicted molar refractivity (Wildman–Crippen MR) is 169 cm³/mol. The molecule has 1 aliphatic rings. The molecule has 0 unspecified atom stereocenters. The highest BCUT2D eigenvalue weighted by Crippen LogP contribution is 2.34. The van der Waals surface area contributed by atoms with Gasteiger partial charge >= 0.3 is 0 Å². The number of hydrogen-bond acceptors (Lipinski definition) is 8. The molecule has 0 radical (unpaired) electrons. The summed E-state index contributed by atoms with van der Waals surface area (Å²) >= 11 is 2.10. The molecule has 43 heavy (non-hydrogen) atoms. The van der Waals surface area contributed by atoms with Gasteiger partial charge in [-0.2, -0.15) is 9.82 Å². The zero-order valence-corrected chi connectivity index (χ0v) is 26.0. The van der Waals surface area contributed by atoms with Gasteiger partial charge in [0.2, 0.25) is 16.8 Å². The Hall–Kier alpha value is -4.14. The summed E-state index contributed by atoms with van der Waals surface area (Å²) < 4.78 is 51.8. The van der Waals surface area contributed by atoms with Crippen molar-refractivity contribution in [3.63, 3.8) is 0 Å². The van der Waals surface area contributed by atoms with Gasteiger partial charge < -0.3 is 18.9 Å². The topological polar surface area (TPSA) is 125 Å². The molecule has 0 spiro atoms. The van der Waals surface area contributed by atoms with Crippen molar-refractivity contribution in [3.8, 4) is 23.0 Å². The van der Waals surface area contributed by atoms with Crippen molar-refractivity contribution in [3.05, 3.63) is 111 Å². The molecule has 1 aliphatic heterocycles.